The van der Waals surface area contributed by atoms with Crippen LogP contribution in [0.5, 0.6) is 0 Å². The Morgan fingerprint density at radius 3 is 2.69 bits per heavy atom. The normalized spacial score (nSPS) is 12.6. The van der Waals surface area contributed by atoms with Crippen LogP contribution in [0.4, 0.5) is 4.39 Å². The first-order valence-corrected chi connectivity index (χ1v) is 5.97. The zero-order valence-electron chi connectivity index (χ0n) is 8.98. The molecular weight excluding hydrogens is 223 g/mol. The van der Waals surface area contributed by atoms with Crippen LogP contribution < -0.4 is 5.32 Å². The molecule has 0 aliphatic carbocycles. The molecule has 1 unspecified atom stereocenters. The van der Waals surface area contributed by atoms with E-state index in [-0.39, 0.29) is 11.9 Å². The van der Waals surface area contributed by atoms with Crippen LogP contribution in [-0.4, -0.2) is 12.0 Å². The highest BCUT2D eigenvalue weighted by Gasteiger charge is 2.10. The Kier molecular flexibility index (Phi) is 3.64. The second kappa shape index (κ2) is 5.18. The van der Waals surface area contributed by atoms with Gasteiger partial charge in [0.2, 0.25) is 0 Å². The molecule has 2 nitrogen and oxygen atoms in total. The van der Waals surface area contributed by atoms with Crippen molar-refractivity contribution in [1.29, 1.82) is 0 Å². The minimum atomic E-state index is -0.198. The van der Waals surface area contributed by atoms with Gasteiger partial charge in [-0.3, -0.25) is 4.98 Å². The molecule has 4 heteroatoms. The van der Waals surface area contributed by atoms with Gasteiger partial charge in [0.05, 0.1) is 5.51 Å². The smallest absolute Gasteiger partial charge is 0.123 e. The van der Waals surface area contributed by atoms with Crippen molar-refractivity contribution in [2.75, 3.05) is 7.05 Å². The molecule has 0 aliphatic rings. The highest BCUT2D eigenvalue weighted by Crippen LogP contribution is 2.20. The minimum Gasteiger partial charge on any atom is -0.313 e. The Labute approximate surface area is 98.2 Å². The molecule has 2 rings (SSSR count). The van der Waals surface area contributed by atoms with Gasteiger partial charge >= 0.3 is 0 Å². The predicted octanol–water partition coefficient (Wildman–Crippen LogP) is 2.79. The van der Waals surface area contributed by atoms with Gasteiger partial charge < -0.3 is 5.32 Å². The Morgan fingerprint density at radius 2 is 2.12 bits per heavy atom. The summed E-state index contributed by atoms with van der Waals surface area (Å²) < 4.78 is 12.8. The maximum atomic E-state index is 12.8. The van der Waals surface area contributed by atoms with E-state index in [4.69, 9.17) is 0 Å². The van der Waals surface area contributed by atoms with Gasteiger partial charge in [-0.25, -0.2) is 4.39 Å². The molecule has 0 radical (unpaired) electrons. The summed E-state index contributed by atoms with van der Waals surface area (Å²) in [5, 5.41) is 3.23. The number of nitrogens with zero attached hydrogens (tertiary/aromatic N) is 1. The molecule has 2 aromatic rings. The van der Waals surface area contributed by atoms with Gasteiger partial charge in [0.1, 0.15) is 5.82 Å². The predicted molar refractivity (Wildman–Crippen MR) is 64.0 cm³/mol. The number of halogens is 1. The molecule has 1 heterocycles. The largest absolute Gasteiger partial charge is 0.313 e. The first-order chi connectivity index (χ1) is 7.79. The number of benzene rings is 1. The molecule has 0 spiro atoms. The molecule has 0 fully saturated rings. The minimum absolute atomic E-state index is 0.198. The van der Waals surface area contributed by atoms with Gasteiger partial charge in [0, 0.05) is 23.5 Å². The van der Waals surface area contributed by atoms with Crippen molar-refractivity contribution >= 4 is 11.3 Å². The van der Waals surface area contributed by atoms with Gasteiger partial charge in [-0.05, 0) is 24.7 Å². The molecular formula is C12H13FN2S. The summed E-state index contributed by atoms with van der Waals surface area (Å²) in [5.74, 6) is -0.198. The van der Waals surface area contributed by atoms with E-state index in [0.717, 1.165) is 12.0 Å². The first-order valence-electron chi connectivity index (χ1n) is 5.09. The molecule has 1 N–H and O–H groups in total. The van der Waals surface area contributed by atoms with E-state index >= 15 is 0 Å². The Bertz CT molecular complexity index is 425. The Hall–Kier alpha value is -1.26. The highest BCUT2D eigenvalue weighted by atomic mass is 32.1. The average molecular weight is 236 g/mol. The van der Waals surface area contributed by atoms with Crippen molar-refractivity contribution in [1.82, 2.24) is 10.3 Å². The van der Waals surface area contributed by atoms with E-state index in [2.05, 4.69) is 10.3 Å². The van der Waals surface area contributed by atoms with Crippen molar-refractivity contribution in [3.8, 4) is 0 Å². The maximum Gasteiger partial charge on any atom is 0.123 e. The van der Waals surface area contributed by atoms with Gasteiger partial charge in [-0.1, -0.05) is 12.1 Å². The fourth-order valence-electron chi connectivity index (χ4n) is 1.63. The van der Waals surface area contributed by atoms with Crippen molar-refractivity contribution in [3.05, 3.63) is 52.2 Å². The molecule has 84 valence electrons. The van der Waals surface area contributed by atoms with Crippen molar-refractivity contribution in [2.24, 2.45) is 0 Å². The zero-order chi connectivity index (χ0) is 11.4. The molecule has 1 aromatic heterocycles. The number of hydrogen-bond acceptors (Lipinski definition) is 3. The molecule has 0 saturated heterocycles. The van der Waals surface area contributed by atoms with Crippen molar-refractivity contribution in [3.63, 3.8) is 0 Å². The topological polar surface area (TPSA) is 24.9 Å². The maximum absolute atomic E-state index is 12.8. The molecule has 1 atom stereocenters. The van der Waals surface area contributed by atoms with E-state index in [1.165, 1.54) is 17.0 Å². The average Bonchev–Trinajstić information content (AvgIpc) is 2.80. The second-order valence-electron chi connectivity index (χ2n) is 3.56. The first kappa shape index (κ1) is 11.2. The van der Waals surface area contributed by atoms with Crippen LogP contribution in [-0.2, 0) is 6.42 Å². The van der Waals surface area contributed by atoms with E-state index in [1.807, 2.05) is 30.9 Å². The summed E-state index contributed by atoms with van der Waals surface area (Å²) in [4.78, 5) is 5.27. The number of thiazole rings is 1. The van der Waals surface area contributed by atoms with Crippen LogP contribution in [0.15, 0.2) is 36.0 Å². The van der Waals surface area contributed by atoms with Crippen LogP contribution in [0, 0.1) is 5.82 Å². The van der Waals surface area contributed by atoms with Gasteiger partial charge in [0.15, 0.2) is 0 Å². The summed E-state index contributed by atoms with van der Waals surface area (Å²) in [7, 11) is 1.91. The highest BCUT2D eigenvalue weighted by molar-refractivity contribution is 7.09. The van der Waals surface area contributed by atoms with Crippen molar-refractivity contribution in [2.45, 2.75) is 12.5 Å². The third-order valence-electron chi connectivity index (χ3n) is 2.51. The number of nitrogens with one attached hydrogen (secondary N) is 1. The summed E-state index contributed by atoms with van der Waals surface area (Å²) >= 11 is 1.64. The summed E-state index contributed by atoms with van der Waals surface area (Å²) in [6.45, 7) is 0. The Morgan fingerprint density at radius 1 is 1.38 bits per heavy atom. The molecule has 0 aliphatic heterocycles. The van der Waals surface area contributed by atoms with Gasteiger partial charge in [0.25, 0.3) is 0 Å². The van der Waals surface area contributed by atoms with Crippen LogP contribution in [0.2, 0.25) is 0 Å². The third-order valence-corrected chi connectivity index (χ3v) is 3.31. The molecule has 0 amide bonds. The van der Waals surface area contributed by atoms with Crippen LogP contribution >= 0.6 is 11.3 Å². The fraction of sp³-hybridized carbons (Fsp3) is 0.250. The van der Waals surface area contributed by atoms with Crippen molar-refractivity contribution < 1.29 is 4.39 Å². The summed E-state index contributed by atoms with van der Waals surface area (Å²) in [5.41, 5.74) is 2.92. The van der Waals surface area contributed by atoms with Gasteiger partial charge in [-0.15, -0.1) is 11.3 Å². The fourth-order valence-corrected chi connectivity index (χ4v) is 2.27. The lowest BCUT2D eigenvalue weighted by Gasteiger charge is -2.15. The molecule has 0 saturated carbocycles. The second-order valence-corrected chi connectivity index (χ2v) is 4.54. The van der Waals surface area contributed by atoms with Crippen LogP contribution in [0.3, 0.4) is 0 Å². The third kappa shape index (κ3) is 2.65. The lowest BCUT2D eigenvalue weighted by molar-refractivity contribution is 0.589. The van der Waals surface area contributed by atoms with Crippen LogP contribution in [0.25, 0.3) is 0 Å². The lowest BCUT2D eigenvalue weighted by atomic mass is 10.0. The molecule has 16 heavy (non-hydrogen) atoms. The quantitative estimate of drug-likeness (QED) is 0.883. The monoisotopic (exact) mass is 236 g/mol. The number of likely N-dealkylation sites (N-methyl/N-ethyl adjacent to an activating group) is 1. The number of hydrogen-bond donors (Lipinski definition) is 1. The van der Waals surface area contributed by atoms with Crippen LogP contribution in [0.1, 0.15) is 16.5 Å². The van der Waals surface area contributed by atoms with E-state index in [9.17, 15) is 4.39 Å². The number of rotatable bonds is 4. The standard InChI is InChI=1S/C12H13FN2S/c1-14-12(6-11-7-15-8-16-11)9-2-4-10(13)5-3-9/h2-5,7-8,12,14H,6H2,1H3. The lowest BCUT2D eigenvalue weighted by Crippen LogP contribution is -2.18. The summed E-state index contributed by atoms with van der Waals surface area (Å²) in [6.07, 6.45) is 2.76. The SMILES string of the molecule is CNC(Cc1cncs1)c1ccc(F)cc1. The van der Waals surface area contributed by atoms with Gasteiger partial charge in [-0.2, -0.15) is 0 Å². The number of aromatic nitrogens is 1. The molecule has 0 bridgehead atoms. The summed E-state index contributed by atoms with van der Waals surface area (Å²) in [6, 6.07) is 6.83. The van der Waals surface area contributed by atoms with E-state index in [1.54, 1.807) is 11.3 Å². The van der Waals surface area contributed by atoms with E-state index in [0.29, 0.717) is 0 Å². The zero-order valence-corrected chi connectivity index (χ0v) is 9.80. The Balaban J connectivity index is 2.13. The van der Waals surface area contributed by atoms with E-state index < -0.39 is 0 Å². The molecule has 1 aromatic carbocycles.